The standard InChI is InChI=1S/C20H15ClO3S2/c1-2-25-20-19(12-3-6-14(21)7-4-12)15(22)10-18(26-20)13-5-8-16-17(9-13)24-11-23-16/h3-10H,2,11H2,1H3. The summed E-state index contributed by atoms with van der Waals surface area (Å²) in [5.41, 5.74) is 2.60. The molecule has 3 aromatic rings. The second-order valence-electron chi connectivity index (χ2n) is 5.65. The Kier molecular flexibility index (Phi) is 4.94. The lowest BCUT2D eigenvalue weighted by Gasteiger charge is -2.10. The van der Waals surface area contributed by atoms with Crippen molar-refractivity contribution in [1.29, 1.82) is 0 Å². The highest BCUT2D eigenvalue weighted by atomic mass is 35.5. The molecule has 0 amide bonds. The van der Waals surface area contributed by atoms with Crippen LogP contribution in [0.4, 0.5) is 0 Å². The molecular weight excluding hydrogens is 388 g/mol. The van der Waals surface area contributed by atoms with Crippen LogP contribution in [0.5, 0.6) is 11.5 Å². The molecular formula is C20H15ClO3S2. The van der Waals surface area contributed by atoms with Crippen LogP contribution in [0.2, 0.25) is 5.02 Å². The molecule has 0 saturated heterocycles. The maximum atomic E-state index is 12.9. The number of hydrogen-bond donors (Lipinski definition) is 0. The third-order valence-electron chi connectivity index (χ3n) is 3.98. The first kappa shape index (κ1) is 17.5. The first-order valence-electron chi connectivity index (χ1n) is 8.12. The van der Waals surface area contributed by atoms with Gasteiger partial charge in [0, 0.05) is 16.0 Å². The van der Waals surface area contributed by atoms with Crippen molar-refractivity contribution in [3.05, 3.63) is 63.8 Å². The quantitative estimate of drug-likeness (QED) is 0.506. The zero-order valence-corrected chi connectivity index (χ0v) is 16.3. The lowest BCUT2D eigenvalue weighted by atomic mass is 10.1. The highest BCUT2D eigenvalue weighted by Crippen LogP contribution is 2.40. The largest absolute Gasteiger partial charge is 0.454 e. The average Bonchev–Trinajstić information content (AvgIpc) is 3.10. The van der Waals surface area contributed by atoms with Gasteiger partial charge in [0.2, 0.25) is 6.79 Å². The van der Waals surface area contributed by atoms with Crippen LogP contribution in [0.1, 0.15) is 6.92 Å². The number of rotatable bonds is 4. The van der Waals surface area contributed by atoms with Gasteiger partial charge in [-0.15, -0.1) is 23.1 Å². The van der Waals surface area contributed by atoms with Gasteiger partial charge in [-0.25, -0.2) is 0 Å². The molecule has 1 aromatic heterocycles. The van der Waals surface area contributed by atoms with Crippen LogP contribution in [0.15, 0.2) is 57.5 Å². The maximum Gasteiger partial charge on any atom is 0.231 e. The van der Waals surface area contributed by atoms with Crippen LogP contribution in [0.3, 0.4) is 0 Å². The van der Waals surface area contributed by atoms with Crippen molar-refractivity contribution in [2.45, 2.75) is 11.1 Å². The van der Waals surface area contributed by atoms with Crippen molar-refractivity contribution in [3.8, 4) is 33.1 Å². The van der Waals surface area contributed by atoms with Crippen molar-refractivity contribution in [2.24, 2.45) is 0 Å². The Morgan fingerprint density at radius 2 is 1.77 bits per heavy atom. The van der Waals surface area contributed by atoms with Crippen LogP contribution in [-0.4, -0.2) is 12.5 Å². The van der Waals surface area contributed by atoms with E-state index in [1.54, 1.807) is 29.2 Å². The lowest BCUT2D eigenvalue weighted by Crippen LogP contribution is -2.04. The van der Waals surface area contributed by atoms with E-state index in [2.05, 4.69) is 6.92 Å². The molecule has 1 aliphatic heterocycles. The van der Waals surface area contributed by atoms with Crippen molar-refractivity contribution in [2.75, 3.05) is 12.5 Å². The van der Waals surface area contributed by atoms with E-state index >= 15 is 0 Å². The molecule has 0 radical (unpaired) electrons. The maximum absolute atomic E-state index is 12.9. The first-order valence-corrected chi connectivity index (χ1v) is 10.3. The zero-order chi connectivity index (χ0) is 18.1. The fraction of sp³-hybridized carbons (Fsp3) is 0.150. The van der Waals surface area contributed by atoms with Crippen molar-refractivity contribution < 1.29 is 9.47 Å². The summed E-state index contributed by atoms with van der Waals surface area (Å²) in [5.74, 6) is 2.34. The second kappa shape index (κ2) is 7.35. The van der Waals surface area contributed by atoms with Crippen LogP contribution in [-0.2, 0) is 0 Å². The number of ether oxygens (including phenoxy) is 2. The smallest absolute Gasteiger partial charge is 0.231 e. The van der Waals surface area contributed by atoms with Gasteiger partial charge in [0.05, 0.1) is 9.77 Å². The van der Waals surface area contributed by atoms with Gasteiger partial charge in [0.25, 0.3) is 0 Å². The summed E-state index contributed by atoms with van der Waals surface area (Å²) in [6.45, 7) is 2.32. The van der Waals surface area contributed by atoms with Gasteiger partial charge < -0.3 is 9.47 Å². The molecule has 2 heterocycles. The molecule has 6 heteroatoms. The SMILES string of the molecule is CCSc1sc(-c2ccc3c(c2)OCO3)cc(=O)c1-c1ccc(Cl)cc1. The highest BCUT2D eigenvalue weighted by molar-refractivity contribution is 8.01. The number of hydrogen-bond acceptors (Lipinski definition) is 5. The van der Waals surface area contributed by atoms with E-state index in [4.69, 9.17) is 21.1 Å². The van der Waals surface area contributed by atoms with Crippen molar-refractivity contribution in [1.82, 2.24) is 0 Å². The number of thioether (sulfide) groups is 1. The summed E-state index contributed by atoms with van der Waals surface area (Å²) >= 11 is 9.29. The number of fused-ring (bicyclic) bond motifs is 1. The molecule has 0 fully saturated rings. The predicted octanol–water partition coefficient (Wildman–Crippen LogP) is 5.94. The van der Waals surface area contributed by atoms with Crippen LogP contribution >= 0.6 is 34.7 Å². The number of halogens is 1. The molecule has 0 atom stereocenters. The molecule has 0 unspecified atom stereocenters. The zero-order valence-electron chi connectivity index (χ0n) is 14.0. The molecule has 0 aliphatic carbocycles. The normalized spacial score (nSPS) is 12.4. The Bertz CT molecular complexity index is 1010. The van der Waals surface area contributed by atoms with Gasteiger partial charge in [-0.1, -0.05) is 30.7 Å². The fourth-order valence-electron chi connectivity index (χ4n) is 2.77. The van der Waals surface area contributed by atoms with Gasteiger partial charge in [0.15, 0.2) is 16.9 Å². The summed E-state index contributed by atoms with van der Waals surface area (Å²) in [5, 5.41) is 0.659. The molecule has 3 nitrogen and oxygen atoms in total. The Morgan fingerprint density at radius 1 is 1.04 bits per heavy atom. The third kappa shape index (κ3) is 3.34. The molecule has 0 spiro atoms. The van der Waals surface area contributed by atoms with E-state index in [1.165, 1.54) is 0 Å². The molecule has 0 saturated carbocycles. The molecule has 2 aromatic carbocycles. The Morgan fingerprint density at radius 3 is 2.54 bits per heavy atom. The number of benzene rings is 2. The summed E-state index contributed by atoms with van der Waals surface area (Å²) in [6.07, 6.45) is 0. The van der Waals surface area contributed by atoms with E-state index in [0.29, 0.717) is 10.8 Å². The van der Waals surface area contributed by atoms with E-state index in [0.717, 1.165) is 37.3 Å². The summed E-state index contributed by atoms with van der Waals surface area (Å²) in [7, 11) is 0. The molecule has 1 aliphatic rings. The van der Waals surface area contributed by atoms with Gasteiger partial charge in [0.1, 0.15) is 0 Å². The minimum absolute atomic E-state index is 0.00897. The predicted molar refractivity (Wildman–Crippen MR) is 109 cm³/mol. The minimum Gasteiger partial charge on any atom is -0.454 e. The van der Waals surface area contributed by atoms with Gasteiger partial charge >= 0.3 is 0 Å². The molecule has 0 N–H and O–H groups in total. The van der Waals surface area contributed by atoms with E-state index in [1.807, 2.05) is 42.5 Å². The highest BCUT2D eigenvalue weighted by Gasteiger charge is 2.17. The van der Waals surface area contributed by atoms with Gasteiger partial charge in [-0.2, -0.15) is 0 Å². The Balaban J connectivity index is 1.83. The minimum atomic E-state index is 0.00897. The lowest BCUT2D eigenvalue weighted by molar-refractivity contribution is 0.174. The van der Waals surface area contributed by atoms with E-state index < -0.39 is 0 Å². The third-order valence-corrected chi connectivity index (χ3v) is 6.55. The average molecular weight is 403 g/mol. The molecule has 0 bridgehead atoms. The van der Waals surface area contributed by atoms with E-state index in [-0.39, 0.29) is 12.2 Å². The van der Waals surface area contributed by atoms with Crippen molar-refractivity contribution >= 4 is 34.7 Å². The van der Waals surface area contributed by atoms with Crippen LogP contribution < -0.4 is 14.9 Å². The molecule has 132 valence electrons. The van der Waals surface area contributed by atoms with Gasteiger partial charge in [-0.05, 0) is 47.2 Å². The second-order valence-corrected chi connectivity index (χ2v) is 8.67. The fourth-order valence-corrected chi connectivity index (χ4v) is 5.31. The summed E-state index contributed by atoms with van der Waals surface area (Å²) in [6, 6.07) is 14.9. The molecule has 4 rings (SSSR count). The summed E-state index contributed by atoms with van der Waals surface area (Å²) < 4.78 is 11.8. The summed E-state index contributed by atoms with van der Waals surface area (Å²) in [4.78, 5) is 13.9. The Hall–Kier alpha value is -1.95. The monoisotopic (exact) mass is 402 g/mol. The topological polar surface area (TPSA) is 35.5 Å². The van der Waals surface area contributed by atoms with Crippen LogP contribution in [0, 0.1) is 0 Å². The Labute approximate surface area is 164 Å². The van der Waals surface area contributed by atoms with Crippen LogP contribution in [0.25, 0.3) is 21.6 Å². The molecule has 26 heavy (non-hydrogen) atoms. The first-order chi connectivity index (χ1) is 12.7. The van der Waals surface area contributed by atoms with Gasteiger partial charge in [-0.3, -0.25) is 4.79 Å². The van der Waals surface area contributed by atoms with Crippen molar-refractivity contribution in [3.63, 3.8) is 0 Å². The van der Waals surface area contributed by atoms with E-state index in [9.17, 15) is 4.79 Å².